The first-order valence-corrected chi connectivity index (χ1v) is 7.69. The minimum atomic E-state index is 0. The number of aryl methyl sites for hydroxylation is 1. The SMILES string of the molecule is CCc1cccc(N(C)C(N)=Nc2cccc3cccnc23)c1.Cl. The van der Waals surface area contributed by atoms with Gasteiger partial charge in [-0.15, -0.1) is 12.4 Å². The molecule has 1 heterocycles. The Morgan fingerprint density at radius 3 is 2.67 bits per heavy atom. The summed E-state index contributed by atoms with van der Waals surface area (Å²) in [5.41, 5.74) is 10.1. The number of guanidine groups is 1. The third-order valence-electron chi connectivity index (χ3n) is 3.90. The molecule has 0 fully saturated rings. The average Bonchev–Trinajstić information content (AvgIpc) is 2.61. The summed E-state index contributed by atoms with van der Waals surface area (Å²) in [6.07, 6.45) is 2.76. The van der Waals surface area contributed by atoms with E-state index in [-0.39, 0.29) is 12.4 Å². The summed E-state index contributed by atoms with van der Waals surface area (Å²) < 4.78 is 0. The highest BCUT2D eigenvalue weighted by atomic mass is 35.5. The van der Waals surface area contributed by atoms with Crippen molar-refractivity contribution in [3.05, 3.63) is 66.4 Å². The molecular formula is C19H21ClN4. The van der Waals surface area contributed by atoms with Crippen LogP contribution in [0.3, 0.4) is 0 Å². The van der Waals surface area contributed by atoms with Gasteiger partial charge < -0.3 is 10.6 Å². The topological polar surface area (TPSA) is 54.5 Å². The van der Waals surface area contributed by atoms with Crippen molar-refractivity contribution < 1.29 is 0 Å². The maximum Gasteiger partial charge on any atom is 0.200 e. The van der Waals surface area contributed by atoms with Gasteiger partial charge in [-0.1, -0.05) is 37.3 Å². The van der Waals surface area contributed by atoms with Gasteiger partial charge in [-0.25, -0.2) is 4.99 Å². The number of halogens is 1. The van der Waals surface area contributed by atoms with E-state index in [4.69, 9.17) is 5.73 Å². The van der Waals surface area contributed by atoms with E-state index >= 15 is 0 Å². The predicted octanol–water partition coefficient (Wildman–Crippen LogP) is 4.30. The molecule has 124 valence electrons. The Kier molecular flexibility index (Phi) is 5.77. The minimum absolute atomic E-state index is 0. The van der Waals surface area contributed by atoms with Crippen molar-refractivity contribution in [1.82, 2.24) is 4.98 Å². The molecular weight excluding hydrogens is 320 g/mol. The summed E-state index contributed by atoms with van der Waals surface area (Å²) in [5, 5.41) is 1.05. The second-order valence-electron chi connectivity index (χ2n) is 5.40. The highest BCUT2D eigenvalue weighted by molar-refractivity contribution is 5.99. The van der Waals surface area contributed by atoms with Crippen molar-refractivity contribution in [2.45, 2.75) is 13.3 Å². The zero-order valence-corrected chi connectivity index (χ0v) is 14.6. The standard InChI is InChI=1S/C19H20N4.ClH/c1-3-14-7-4-10-16(13-14)23(2)19(20)22-17-11-5-8-15-9-6-12-21-18(15)17;/h4-13H,3H2,1-2H3,(H2,20,22);1H. The molecule has 0 saturated carbocycles. The molecule has 0 aliphatic rings. The number of aliphatic imine (C=N–C) groups is 1. The Hall–Kier alpha value is -2.59. The van der Waals surface area contributed by atoms with Crippen LogP contribution < -0.4 is 10.6 Å². The van der Waals surface area contributed by atoms with Gasteiger partial charge in [0.2, 0.25) is 5.96 Å². The maximum absolute atomic E-state index is 6.21. The van der Waals surface area contributed by atoms with Crippen molar-refractivity contribution in [1.29, 1.82) is 0 Å². The molecule has 3 aromatic rings. The lowest BCUT2D eigenvalue weighted by molar-refractivity contribution is 1.13. The first-order chi connectivity index (χ1) is 11.2. The molecule has 0 amide bonds. The third kappa shape index (κ3) is 3.66. The quantitative estimate of drug-likeness (QED) is 0.571. The summed E-state index contributed by atoms with van der Waals surface area (Å²) in [4.78, 5) is 10.9. The molecule has 0 spiro atoms. The van der Waals surface area contributed by atoms with Crippen LogP contribution in [-0.4, -0.2) is 18.0 Å². The van der Waals surface area contributed by atoms with E-state index in [1.807, 2.05) is 54.4 Å². The minimum Gasteiger partial charge on any atom is -0.369 e. The van der Waals surface area contributed by atoms with Crippen LogP contribution in [0.1, 0.15) is 12.5 Å². The van der Waals surface area contributed by atoms with Crippen molar-refractivity contribution in [2.24, 2.45) is 10.7 Å². The second kappa shape index (κ2) is 7.79. The number of anilines is 1. The molecule has 0 atom stereocenters. The second-order valence-corrected chi connectivity index (χ2v) is 5.40. The van der Waals surface area contributed by atoms with Gasteiger partial charge in [-0.2, -0.15) is 0 Å². The van der Waals surface area contributed by atoms with E-state index in [0.29, 0.717) is 5.96 Å². The first-order valence-electron chi connectivity index (χ1n) is 7.69. The fourth-order valence-corrected chi connectivity index (χ4v) is 2.49. The van der Waals surface area contributed by atoms with Gasteiger partial charge in [-0.3, -0.25) is 4.98 Å². The van der Waals surface area contributed by atoms with Crippen molar-refractivity contribution in [2.75, 3.05) is 11.9 Å². The van der Waals surface area contributed by atoms with Crippen molar-refractivity contribution in [3.63, 3.8) is 0 Å². The number of hydrogen-bond acceptors (Lipinski definition) is 2. The Balaban J connectivity index is 0.00000208. The third-order valence-corrected chi connectivity index (χ3v) is 3.90. The molecule has 2 N–H and O–H groups in total. The zero-order valence-electron chi connectivity index (χ0n) is 13.8. The average molecular weight is 341 g/mol. The Bertz CT molecular complexity index is 855. The first kappa shape index (κ1) is 17.8. The molecule has 0 unspecified atom stereocenters. The summed E-state index contributed by atoms with van der Waals surface area (Å²) >= 11 is 0. The van der Waals surface area contributed by atoms with E-state index in [1.165, 1.54) is 5.56 Å². The molecule has 1 aromatic heterocycles. The van der Waals surface area contributed by atoms with E-state index < -0.39 is 0 Å². The molecule has 4 nitrogen and oxygen atoms in total. The monoisotopic (exact) mass is 340 g/mol. The van der Waals surface area contributed by atoms with Crippen molar-refractivity contribution >= 4 is 40.6 Å². The maximum atomic E-state index is 6.21. The van der Waals surface area contributed by atoms with Gasteiger partial charge in [0.25, 0.3) is 0 Å². The van der Waals surface area contributed by atoms with Crippen LogP contribution >= 0.6 is 12.4 Å². The highest BCUT2D eigenvalue weighted by Crippen LogP contribution is 2.24. The van der Waals surface area contributed by atoms with Crippen LogP contribution in [0.2, 0.25) is 0 Å². The number of fused-ring (bicyclic) bond motifs is 1. The summed E-state index contributed by atoms with van der Waals surface area (Å²) in [5.74, 6) is 0.441. The Morgan fingerprint density at radius 1 is 1.12 bits per heavy atom. The fraction of sp³-hybridized carbons (Fsp3) is 0.158. The smallest absolute Gasteiger partial charge is 0.200 e. The van der Waals surface area contributed by atoms with E-state index in [1.54, 1.807) is 6.20 Å². The number of benzene rings is 2. The lowest BCUT2D eigenvalue weighted by Crippen LogP contribution is -2.33. The molecule has 0 aliphatic heterocycles. The van der Waals surface area contributed by atoms with Crippen LogP contribution in [0.25, 0.3) is 10.9 Å². The van der Waals surface area contributed by atoms with Crippen LogP contribution in [0, 0.1) is 0 Å². The molecule has 0 radical (unpaired) electrons. The van der Waals surface area contributed by atoms with Crippen LogP contribution in [0.4, 0.5) is 11.4 Å². The number of hydrogen-bond donors (Lipinski definition) is 1. The summed E-state index contributed by atoms with van der Waals surface area (Å²) in [7, 11) is 1.92. The number of aromatic nitrogens is 1. The van der Waals surface area contributed by atoms with Crippen LogP contribution in [0.15, 0.2) is 65.8 Å². The van der Waals surface area contributed by atoms with E-state index in [9.17, 15) is 0 Å². The van der Waals surface area contributed by atoms with Crippen LogP contribution in [-0.2, 0) is 6.42 Å². The number of para-hydroxylation sites is 1. The number of pyridine rings is 1. The predicted molar refractivity (Wildman–Crippen MR) is 104 cm³/mol. The Morgan fingerprint density at radius 2 is 1.88 bits per heavy atom. The fourth-order valence-electron chi connectivity index (χ4n) is 2.49. The van der Waals surface area contributed by atoms with Gasteiger partial charge in [0, 0.05) is 24.3 Å². The normalized spacial score (nSPS) is 11.2. The summed E-state index contributed by atoms with van der Waals surface area (Å²) in [6, 6.07) is 18.2. The molecule has 3 rings (SSSR count). The lowest BCUT2D eigenvalue weighted by atomic mass is 10.1. The summed E-state index contributed by atoms with van der Waals surface area (Å²) in [6.45, 7) is 2.14. The molecule has 0 bridgehead atoms. The van der Waals surface area contributed by atoms with Crippen molar-refractivity contribution in [3.8, 4) is 0 Å². The Labute approximate surface area is 148 Å². The van der Waals surface area contributed by atoms with Gasteiger partial charge >= 0.3 is 0 Å². The number of nitrogens with zero attached hydrogens (tertiary/aromatic N) is 3. The molecule has 0 aliphatic carbocycles. The van der Waals surface area contributed by atoms with E-state index in [0.717, 1.165) is 28.7 Å². The number of rotatable bonds is 3. The van der Waals surface area contributed by atoms with Gasteiger partial charge in [-0.05, 0) is 36.2 Å². The number of nitrogens with two attached hydrogens (primary N) is 1. The zero-order chi connectivity index (χ0) is 16.2. The van der Waals surface area contributed by atoms with E-state index in [2.05, 4.69) is 29.0 Å². The highest BCUT2D eigenvalue weighted by Gasteiger charge is 2.07. The molecule has 24 heavy (non-hydrogen) atoms. The molecule has 5 heteroatoms. The van der Waals surface area contributed by atoms with Gasteiger partial charge in [0.15, 0.2) is 0 Å². The molecule has 0 saturated heterocycles. The van der Waals surface area contributed by atoms with Gasteiger partial charge in [0.05, 0.1) is 11.2 Å². The van der Waals surface area contributed by atoms with Crippen LogP contribution in [0.5, 0.6) is 0 Å². The largest absolute Gasteiger partial charge is 0.369 e. The van der Waals surface area contributed by atoms with Gasteiger partial charge in [0.1, 0.15) is 0 Å². The molecule has 2 aromatic carbocycles. The lowest BCUT2D eigenvalue weighted by Gasteiger charge is -2.19.